The first kappa shape index (κ1) is 20.3. The van der Waals surface area contributed by atoms with Gasteiger partial charge in [0.15, 0.2) is 0 Å². The lowest BCUT2D eigenvalue weighted by Crippen LogP contribution is -2.37. The fourth-order valence-corrected chi connectivity index (χ4v) is 4.44. The number of thiophene rings is 1. The Labute approximate surface area is 169 Å². The van der Waals surface area contributed by atoms with Crippen molar-refractivity contribution in [2.45, 2.75) is 47.1 Å². The topological polar surface area (TPSA) is 55.2 Å². The minimum Gasteiger partial charge on any atom is -0.341 e. The fourth-order valence-electron chi connectivity index (χ4n) is 3.54. The van der Waals surface area contributed by atoms with Gasteiger partial charge in [-0.1, -0.05) is 37.6 Å². The molecule has 0 bridgehead atoms. The lowest BCUT2D eigenvalue weighted by Gasteiger charge is -2.21. The second-order valence-electron chi connectivity index (χ2n) is 7.21. The fraction of sp³-hybridized carbons (Fsp3) is 0.409. The zero-order valence-corrected chi connectivity index (χ0v) is 17.8. The first-order valence-electron chi connectivity index (χ1n) is 9.78. The van der Waals surface area contributed by atoms with Crippen LogP contribution in [0.2, 0.25) is 0 Å². The van der Waals surface area contributed by atoms with Crippen molar-refractivity contribution in [3.05, 3.63) is 51.4 Å². The summed E-state index contributed by atoms with van der Waals surface area (Å²) in [6.07, 6.45) is 3.31. The van der Waals surface area contributed by atoms with Gasteiger partial charge in [0.1, 0.15) is 11.4 Å². The van der Waals surface area contributed by atoms with Crippen LogP contribution in [0.5, 0.6) is 0 Å². The van der Waals surface area contributed by atoms with E-state index in [0.717, 1.165) is 29.5 Å². The van der Waals surface area contributed by atoms with E-state index in [1.165, 1.54) is 27.8 Å². The molecule has 0 radical (unpaired) electrons. The number of hydrogen-bond donors (Lipinski definition) is 0. The number of rotatable bonds is 7. The van der Waals surface area contributed by atoms with Crippen molar-refractivity contribution in [1.82, 2.24) is 14.5 Å². The number of carbonyl (C=O) groups is 1. The molecule has 6 heteroatoms. The smallest absolute Gasteiger partial charge is 0.263 e. The average Bonchev–Trinajstić information content (AvgIpc) is 3.08. The summed E-state index contributed by atoms with van der Waals surface area (Å²) < 4.78 is 1.45. The van der Waals surface area contributed by atoms with E-state index in [-0.39, 0.29) is 18.0 Å². The number of fused-ring (bicyclic) bond motifs is 1. The molecule has 148 valence electrons. The molecule has 1 amide bonds. The Morgan fingerprint density at radius 3 is 2.50 bits per heavy atom. The minimum atomic E-state index is -0.150. The normalized spacial score (nSPS) is 11.1. The second kappa shape index (κ2) is 8.69. The van der Waals surface area contributed by atoms with Crippen molar-refractivity contribution in [2.75, 3.05) is 13.1 Å². The summed E-state index contributed by atoms with van der Waals surface area (Å²) >= 11 is 1.47. The van der Waals surface area contributed by atoms with Crippen molar-refractivity contribution >= 4 is 27.5 Å². The zero-order chi connectivity index (χ0) is 20.3. The second-order valence-corrected chi connectivity index (χ2v) is 8.06. The van der Waals surface area contributed by atoms with E-state index >= 15 is 0 Å². The quantitative estimate of drug-likeness (QED) is 0.594. The maximum atomic E-state index is 13.2. The molecule has 3 rings (SSSR count). The molecule has 0 aliphatic heterocycles. The predicted octanol–water partition coefficient (Wildman–Crippen LogP) is 4.39. The van der Waals surface area contributed by atoms with Gasteiger partial charge in [-0.25, -0.2) is 4.98 Å². The molecule has 0 atom stereocenters. The molecule has 0 aliphatic rings. The van der Waals surface area contributed by atoms with E-state index in [1.807, 2.05) is 10.3 Å². The lowest BCUT2D eigenvalue weighted by molar-refractivity contribution is -0.132. The van der Waals surface area contributed by atoms with Gasteiger partial charge in [0.25, 0.3) is 5.56 Å². The monoisotopic (exact) mass is 397 g/mol. The van der Waals surface area contributed by atoms with Gasteiger partial charge in [-0.3, -0.25) is 14.2 Å². The zero-order valence-electron chi connectivity index (χ0n) is 17.0. The van der Waals surface area contributed by atoms with Crippen molar-refractivity contribution < 1.29 is 4.79 Å². The van der Waals surface area contributed by atoms with Crippen LogP contribution in [0.4, 0.5) is 0 Å². The number of carbonyl (C=O) groups excluding carboxylic acids is 1. The Morgan fingerprint density at radius 2 is 1.86 bits per heavy atom. The number of nitrogens with zero attached hydrogens (tertiary/aromatic N) is 3. The van der Waals surface area contributed by atoms with Gasteiger partial charge in [-0.15, -0.1) is 11.3 Å². The van der Waals surface area contributed by atoms with Crippen LogP contribution in [-0.4, -0.2) is 33.4 Å². The van der Waals surface area contributed by atoms with Crippen LogP contribution < -0.4 is 5.56 Å². The molecule has 0 spiro atoms. The minimum absolute atomic E-state index is 0.0317. The number of aryl methyl sites for hydroxylation is 2. The van der Waals surface area contributed by atoms with E-state index in [1.54, 1.807) is 0 Å². The maximum Gasteiger partial charge on any atom is 0.263 e. The largest absolute Gasteiger partial charge is 0.341 e. The summed E-state index contributed by atoms with van der Waals surface area (Å²) in [7, 11) is 0. The molecule has 0 fully saturated rings. The molecule has 28 heavy (non-hydrogen) atoms. The molecule has 1 aromatic carbocycles. The van der Waals surface area contributed by atoms with Crippen LogP contribution in [0.25, 0.3) is 21.3 Å². The third-order valence-electron chi connectivity index (χ3n) is 4.88. The van der Waals surface area contributed by atoms with Gasteiger partial charge < -0.3 is 4.90 Å². The number of benzene rings is 1. The lowest BCUT2D eigenvalue weighted by atomic mass is 9.99. The molecule has 2 heterocycles. The van der Waals surface area contributed by atoms with Crippen molar-refractivity contribution in [3.63, 3.8) is 0 Å². The van der Waals surface area contributed by atoms with Crippen LogP contribution in [-0.2, 0) is 11.3 Å². The Bertz CT molecular complexity index is 1050. The predicted molar refractivity (Wildman–Crippen MR) is 116 cm³/mol. The van der Waals surface area contributed by atoms with Gasteiger partial charge >= 0.3 is 0 Å². The summed E-state index contributed by atoms with van der Waals surface area (Å²) in [5.41, 5.74) is 4.10. The van der Waals surface area contributed by atoms with Crippen LogP contribution in [0.15, 0.2) is 34.7 Å². The maximum absolute atomic E-state index is 13.2. The number of aromatic nitrogens is 2. The van der Waals surface area contributed by atoms with E-state index in [0.29, 0.717) is 23.3 Å². The van der Waals surface area contributed by atoms with Gasteiger partial charge in [0, 0.05) is 24.0 Å². The van der Waals surface area contributed by atoms with Crippen molar-refractivity contribution in [2.24, 2.45) is 0 Å². The van der Waals surface area contributed by atoms with Gasteiger partial charge in [-0.2, -0.15) is 0 Å². The van der Waals surface area contributed by atoms with Gasteiger partial charge in [-0.05, 0) is 37.8 Å². The Balaban J connectivity index is 2.01. The highest BCUT2D eigenvalue weighted by Gasteiger charge is 2.18. The molecular weight excluding hydrogens is 370 g/mol. The summed E-state index contributed by atoms with van der Waals surface area (Å²) in [4.78, 5) is 32.9. The highest BCUT2D eigenvalue weighted by atomic mass is 32.1. The molecule has 0 saturated heterocycles. The Hall–Kier alpha value is -2.47. The molecule has 0 aliphatic carbocycles. The first-order chi connectivity index (χ1) is 13.5. The molecular formula is C22H27N3O2S. The summed E-state index contributed by atoms with van der Waals surface area (Å²) in [5.74, 6) is -0.0322. The highest BCUT2D eigenvalue weighted by molar-refractivity contribution is 7.17. The summed E-state index contributed by atoms with van der Waals surface area (Å²) in [6, 6.07) is 6.22. The average molecular weight is 398 g/mol. The van der Waals surface area contributed by atoms with Crippen molar-refractivity contribution in [1.29, 1.82) is 0 Å². The van der Waals surface area contributed by atoms with Crippen molar-refractivity contribution in [3.8, 4) is 11.1 Å². The third kappa shape index (κ3) is 4.02. The molecule has 0 N–H and O–H groups in total. The SMILES string of the molecule is CCCN(CCC)C(=O)Cn1cnc2scc(-c3ccc(C)cc3C)c2c1=O. The molecule has 0 unspecified atom stereocenters. The van der Waals surface area contributed by atoms with Crippen LogP contribution >= 0.6 is 11.3 Å². The van der Waals surface area contributed by atoms with Crippen LogP contribution in [0.1, 0.15) is 37.8 Å². The van der Waals surface area contributed by atoms with E-state index in [9.17, 15) is 9.59 Å². The summed E-state index contributed by atoms with van der Waals surface area (Å²) in [6.45, 7) is 9.67. The van der Waals surface area contributed by atoms with Gasteiger partial charge in [0.2, 0.25) is 5.91 Å². The summed E-state index contributed by atoms with van der Waals surface area (Å²) in [5, 5.41) is 2.59. The van der Waals surface area contributed by atoms with Gasteiger partial charge in [0.05, 0.1) is 11.7 Å². The van der Waals surface area contributed by atoms with E-state index in [4.69, 9.17) is 0 Å². The Morgan fingerprint density at radius 1 is 1.14 bits per heavy atom. The number of hydrogen-bond acceptors (Lipinski definition) is 4. The highest BCUT2D eigenvalue weighted by Crippen LogP contribution is 2.32. The standard InChI is InChI=1S/C22H27N3O2S/c1-5-9-24(10-6-2)19(26)12-25-14-23-21-20(22(25)27)18(13-28-21)17-8-7-15(3)11-16(17)4/h7-8,11,13-14H,5-6,9-10,12H2,1-4H3. The first-order valence-corrected chi connectivity index (χ1v) is 10.7. The van der Waals surface area contributed by atoms with E-state index in [2.05, 4.69) is 50.9 Å². The van der Waals surface area contributed by atoms with E-state index < -0.39 is 0 Å². The van der Waals surface area contributed by atoms with Crippen LogP contribution in [0.3, 0.4) is 0 Å². The molecule has 0 saturated carbocycles. The molecule has 2 aromatic heterocycles. The van der Waals surface area contributed by atoms with Crippen LogP contribution in [0, 0.1) is 13.8 Å². The molecule has 3 aromatic rings. The number of amides is 1. The molecule has 5 nitrogen and oxygen atoms in total. The Kier molecular flexibility index (Phi) is 6.29. The third-order valence-corrected chi connectivity index (χ3v) is 5.76.